The average molecular weight is 452 g/mol. The van der Waals surface area contributed by atoms with E-state index in [9.17, 15) is 14.0 Å². The van der Waals surface area contributed by atoms with Crippen molar-refractivity contribution in [3.8, 4) is 11.5 Å². The number of imide groups is 1. The normalized spacial score (nSPS) is 15.1. The zero-order valence-electron chi connectivity index (χ0n) is 14.3. The van der Waals surface area contributed by atoms with Gasteiger partial charge < -0.3 is 9.47 Å². The maximum absolute atomic E-state index is 13.0. The number of thioether (sulfide) groups is 1. The van der Waals surface area contributed by atoms with Crippen LogP contribution >= 0.6 is 27.7 Å². The monoisotopic (exact) mass is 451 g/mol. The molecule has 1 saturated heterocycles. The van der Waals surface area contributed by atoms with Crippen LogP contribution in [0.3, 0.4) is 0 Å². The minimum absolute atomic E-state index is 0.250. The molecule has 0 aliphatic carbocycles. The van der Waals surface area contributed by atoms with Gasteiger partial charge in [0.15, 0.2) is 11.5 Å². The molecular formula is C19H15BrFNO4S. The summed E-state index contributed by atoms with van der Waals surface area (Å²) in [6, 6.07) is 9.52. The van der Waals surface area contributed by atoms with Crippen molar-refractivity contribution in [1.29, 1.82) is 0 Å². The van der Waals surface area contributed by atoms with Crippen molar-refractivity contribution in [1.82, 2.24) is 5.32 Å². The molecule has 1 N–H and O–H groups in total. The molecule has 140 valence electrons. The van der Waals surface area contributed by atoms with Crippen molar-refractivity contribution in [3.05, 3.63) is 62.7 Å². The van der Waals surface area contributed by atoms with Gasteiger partial charge in [-0.05, 0) is 60.2 Å². The molecule has 2 aromatic carbocycles. The quantitative estimate of drug-likeness (QED) is 0.633. The first kappa shape index (κ1) is 19.4. The Morgan fingerprint density at radius 2 is 1.85 bits per heavy atom. The number of amides is 2. The van der Waals surface area contributed by atoms with Gasteiger partial charge in [-0.2, -0.15) is 0 Å². The Labute approximate surface area is 168 Å². The first-order valence-electron chi connectivity index (χ1n) is 8.04. The molecule has 2 amide bonds. The fraction of sp³-hybridized carbons (Fsp3) is 0.158. The van der Waals surface area contributed by atoms with Crippen molar-refractivity contribution in [2.24, 2.45) is 0 Å². The first-order valence-corrected chi connectivity index (χ1v) is 9.65. The van der Waals surface area contributed by atoms with Crippen LogP contribution in [0.2, 0.25) is 0 Å². The molecule has 0 aromatic heterocycles. The Morgan fingerprint density at radius 1 is 1.15 bits per heavy atom. The van der Waals surface area contributed by atoms with Crippen molar-refractivity contribution in [3.63, 3.8) is 0 Å². The van der Waals surface area contributed by atoms with E-state index in [1.54, 1.807) is 30.3 Å². The Kier molecular flexibility index (Phi) is 6.18. The second kappa shape index (κ2) is 8.58. The summed E-state index contributed by atoms with van der Waals surface area (Å²) in [5.41, 5.74) is 1.50. The van der Waals surface area contributed by atoms with Gasteiger partial charge in [0.05, 0.1) is 11.5 Å². The van der Waals surface area contributed by atoms with Crippen LogP contribution in [0.1, 0.15) is 18.1 Å². The van der Waals surface area contributed by atoms with Gasteiger partial charge in [-0.1, -0.05) is 28.1 Å². The molecule has 0 radical (unpaired) electrons. The van der Waals surface area contributed by atoms with Gasteiger partial charge in [0.25, 0.3) is 11.1 Å². The summed E-state index contributed by atoms with van der Waals surface area (Å²) in [7, 11) is 0. The lowest BCUT2D eigenvalue weighted by Crippen LogP contribution is -2.17. The summed E-state index contributed by atoms with van der Waals surface area (Å²) in [4.78, 5) is 23.4. The van der Waals surface area contributed by atoms with E-state index in [1.807, 2.05) is 6.92 Å². The van der Waals surface area contributed by atoms with Crippen LogP contribution < -0.4 is 14.8 Å². The minimum Gasteiger partial charge on any atom is -0.490 e. The molecule has 2 aromatic rings. The zero-order chi connectivity index (χ0) is 19.4. The van der Waals surface area contributed by atoms with Crippen LogP contribution in [0.25, 0.3) is 6.08 Å². The Bertz CT molecular complexity index is 915. The molecule has 1 fully saturated rings. The van der Waals surface area contributed by atoms with E-state index >= 15 is 0 Å². The number of hydrogen-bond acceptors (Lipinski definition) is 5. The van der Waals surface area contributed by atoms with Crippen LogP contribution in [0.15, 0.2) is 45.8 Å². The minimum atomic E-state index is -0.425. The molecule has 0 saturated carbocycles. The lowest BCUT2D eigenvalue weighted by molar-refractivity contribution is -0.115. The first-order chi connectivity index (χ1) is 13.0. The number of rotatable bonds is 6. The van der Waals surface area contributed by atoms with E-state index in [1.165, 1.54) is 12.1 Å². The van der Waals surface area contributed by atoms with Crippen molar-refractivity contribution >= 4 is 44.9 Å². The number of nitrogens with one attached hydrogen (secondary N) is 1. The van der Waals surface area contributed by atoms with E-state index in [4.69, 9.17) is 9.47 Å². The van der Waals surface area contributed by atoms with E-state index in [-0.39, 0.29) is 12.4 Å². The number of carbonyl (C=O) groups is 2. The molecular weight excluding hydrogens is 437 g/mol. The fourth-order valence-corrected chi connectivity index (χ4v) is 3.46. The highest BCUT2D eigenvalue weighted by molar-refractivity contribution is 9.10. The summed E-state index contributed by atoms with van der Waals surface area (Å²) >= 11 is 4.30. The van der Waals surface area contributed by atoms with Crippen molar-refractivity contribution < 1.29 is 23.5 Å². The van der Waals surface area contributed by atoms with Crippen LogP contribution in [-0.2, 0) is 11.4 Å². The lowest BCUT2D eigenvalue weighted by Gasteiger charge is -2.14. The number of carbonyl (C=O) groups excluding carboxylic acids is 2. The zero-order valence-corrected chi connectivity index (χ0v) is 16.7. The van der Waals surface area contributed by atoms with Gasteiger partial charge in [-0.3, -0.25) is 14.9 Å². The molecule has 0 atom stereocenters. The standard InChI is InChI=1S/C19H15BrFNO4S/c1-2-25-15-7-12(8-17-18(23)22-19(24)27-17)14(20)9-16(15)26-10-11-3-5-13(21)6-4-11/h3-9H,2,10H2,1H3,(H,22,23,24)/b17-8+. The summed E-state index contributed by atoms with van der Waals surface area (Å²) in [5, 5.41) is 1.82. The SMILES string of the molecule is CCOc1cc(/C=C2/SC(=O)NC2=O)c(Br)cc1OCc1ccc(F)cc1. The third kappa shape index (κ3) is 4.90. The van der Waals surface area contributed by atoms with E-state index in [0.717, 1.165) is 17.3 Å². The summed E-state index contributed by atoms with van der Waals surface area (Å²) in [5.74, 6) is 0.284. The van der Waals surface area contributed by atoms with Gasteiger partial charge >= 0.3 is 0 Å². The number of ether oxygens (including phenoxy) is 2. The van der Waals surface area contributed by atoms with Gasteiger partial charge in [-0.25, -0.2) is 4.39 Å². The smallest absolute Gasteiger partial charge is 0.290 e. The molecule has 3 rings (SSSR count). The second-order valence-electron chi connectivity index (χ2n) is 5.52. The highest BCUT2D eigenvalue weighted by Gasteiger charge is 2.25. The van der Waals surface area contributed by atoms with Gasteiger partial charge in [0.2, 0.25) is 0 Å². The topological polar surface area (TPSA) is 64.6 Å². The summed E-state index contributed by atoms with van der Waals surface area (Å²) in [6.45, 7) is 2.53. The molecule has 8 heteroatoms. The summed E-state index contributed by atoms with van der Waals surface area (Å²) in [6.07, 6.45) is 1.61. The van der Waals surface area contributed by atoms with Crippen LogP contribution in [0.5, 0.6) is 11.5 Å². The number of halogens is 2. The Morgan fingerprint density at radius 3 is 2.48 bits per heavy atom. The summed E-state index contributed by atoms with van der Waals surface area (Å²) < 4.78 is 25.2. The molecule has 0 unspecified atom stereocenters. The molecule has 5 nitrogen and oxygen atoms in total. The van der Waals surface area contributed by atoms with Crippen molar-refractivity contribution in [2.45, 2.75) is 13.5 Å². The lowest BCUT2D eigenvalue weighted by atomic mass is 10.1. The molecule has 27 heavy (non-hydrogen) atoms. The molecule has 1 heterocycles. The Hall–Kier alpha value is -2.32. The average Bonchev–Trinajstić information content (AvgIpc) is 2.95. The largest absolute Gasteiger partial charge is 0.490 e. The maximum Gasteiger partial charge on any atom is 0.290 e. The molecule has 0 spiro atoms. The molecule has 0 bridgehead atoms. The van der Waals surface area contributed by atoms with E-state index < -0.39 is 11.1 Å². The third-order valence-corrected chi connectivity index (χ3v) is 5.10. The maximum atomic E-state index is 13.0. The van der Waals surface area contributed by atoms with Crippen LogP contribution in [0.4, 0.5) is 9.18 Å². The third-order valence-electron chi connectivity index (χ3n) is 3.60. The predicted octanol–water partition coefficient (Wildman–Crippen LogP) is 4.89. The van der Waals surface area contributed by atoms with Crippen molar-refractivity contribution in [2.75, 3.05) is 6.61 Å². The highest BCUT2D eigenvalue weighted by atomic mass is 79.9. The fourth-order valence-electron chi connectivity index (χ4n) is 2.35. The molecule has 1 aliphatic heterocycles. The van der Waals surface area contributed by atoms with Gasteiger partial charge in [0.1, 0.15) is 12.4 Å². The number of hydrogen-bond donors (Lipinski definition) is 1. The van der Waals surface area contributed by atoms with Crippen LogP contribution in [-0.4, -0.2) is 17.8 Å². The van der Waals surface area contributed by atoms with E-state index in [2.05, 4.69) is 21.2 Å². The van der Waals surface area contributed by atoms with Crippen LogP contribution in [0, 0.1) is 5.82 Å². The Balaban J connectivity index is 1.85. The van der Waals surface area contributed by atoms with E-state index in [0.29, 0.717) is 33.0 Å². The predicted molar refractivity (Wildman–Crippen MR) is 105 cm³/mol. The molecule has 1 aliphatic rings. The number of benzene rings is 2. The second-order valence-corrected chi connectivity index (χ2v) is 7.39. The van der Waals surface area contributed by atoms with Gasteiger partial charge in [0, 0.05) is 4.47 Å². The highest BCUT2D eigenvalue weighted by Crippen LogP contribution is 2.37. The van der Waals surface area contributed by atoms with Gasteiger partial charge in [-0.15, -0.1) is 0 Å².